The highest BCUT2D eigenvalue weighted by Gasteiger charge is 2.15. The Bertz CT molecular complexity index is 493. The van der Waals surface area contributed by atoms with Crippen molar-refractivity contribution in [3.05, 3.63) is 39.9 Å². The molecule has 0 unspecified atom stereocenters. The van der Waals surface area contributed by atoms with Crippen molar-refractivity contribution in [2.45, 2.75) is 32.8 Å². The smallest absolute Gasteiger partial charge is 0.407 e. The van der Waals surface area contributed by atoms with Gasteiger partial charge in [-0.05, 0) is 44.9 Å². The quantitative estimate of drug-likeness (QED) is 0.801. The first kappa shape index (κ1) is 16.9. The molecule has 1 amide bonds. The summed E-state index contributed by atoms with van der Waals surface area (Å²) < 4.78 is 5.12. The lowest BCUT2D eigenvalue weighted by Crippen LogP contribution is -2.32. The Kier molecular flexibility index (Phi) is 6.37. The van der Waals surface area contributed by atoms with Gasteiger partial charge in [-0.15, -0.1) is 0 Å². The monoisotopic (exact) mass is 315 g/mol. The van der Waals surface area contributed by atoms with E-state index in [0.29, 0.717) is 23.0 Å². The van der Waals surface area contributed by atoms with Crippen molar-refractivity contribution in [3.63, 3.8) is 0 Å². The maximum atomic E-state index is 11.4. The Morgan fingerprint density at radius 3 is 2.65 bits per heavy atom. The van der Waals surface area contributed by atoms with E-state index in [1.807, 2.05) is 39.0 Å². The number of benzene rings is 1. The Morgan fingerprint density at radius 2 is 2.05 bits per heavy atom. The second-order valence-electron chi connectivity index (χ2n) is 5.29. The first-order valence-electron chi connectivity index (χ1n) is 6.36. The largest absolute Gasteiger partial charge is 0.444 e. The Morgan fingerprint density at radius 1 is 1.35 bits per heavy atom. The number of carbonyl (C=O) groups is 1. The Hall–Kier alpha value is -1.19. The van der Waals surface area contributed by atoms with Crippen LogP contribution in [0.1, 0.15) is 32.8 Å². The number of nitrogens with one attached hydrogen (secondary N) is 1. The van der Waals surface area contributed by atoms with E-state index in [9.17, 15) is 4.79 Å². The van der Waals surface area contributed by atoms with E-state index in [1.54, 1.807) is 12.1 Å². The second kappa shape index (κ2) is 7.55. The maximum absolute atomic E-state index is 11.4. The number of halogens is 2. The van der Waals surface area contributed by atoms with E-state index in [4.69, 9.17) is 27.9 Å². The van der Waals surface area contributed by atoms with Crippen LogP contribution in [-0.4, -0.2) is 18.2 Å². The fraction of sp³-hybridized carbons (Fsp3) is 0.400. The summed E-state index contributed by atoms with van der Waals surface area (Å²) in [6.07, 6.45) is 4.12. The number of amides is 1. The summed E-state index contributed by atoms with van der Waals surface area (Å²) >= 11 is 11.9. The molecule has 0 aliphatic rings. The zero-order valence-corrected chi connectivity index (χ0v) is 13.4. The normalized spacial score (nSPS) is 11.7. The van der Waals surface area contributed by atoms with Gasteiger partial charge in [-0.1, -0.05) is 41.4 Å². The highest BCUT2D eigenvalue weighted by Crippen LogP contribution is 2.22. The maximum Gasteiger partial charge on any atom is 0.407 e. The lowest BCUT2D eigenvalue weighted by Gasteiger charge is -2.19. The minimum absolute atomic E-state index is 0.407. The Balaban J connectivity index is 2.34. The molecule has 110 valence electrons. The van der Waals surface area contributed by atoms with E-state index in [0.717, 1.165) is 5.56 Å². The number of carbonyl (C=O) groups excluding carboxylic acids is 1. The van der Waals surface area contributed by atoms with E-state index in [-0.39, 0.29) is 0 Å². The van der Waals surface area contributed by atoms with Crippen molar-refractivity contribution < 1.29 is 9.53 Å². The molecule has 0 saturated carbocycles. The van der Waals surface area contributed by atoms with Crippen molar-refractivity contribution in [1.29, 1.82) is 0 Å². The highest BCUT2D eigenvalue weighted by molar-refractivity contribution is 6.35. The van der Waals surface area contributed by atoms with Gasteiger partial charge in [-0.25, -0.2) is 4.79 Å². The molecule has 20 heavy (non-hydrogen) atoms. The first-order valence-corrected chi connectivity index (χ1v) is 7.12. The van der Waals surface area contributed by atoms with Crippen LogP contribution in [0.2, 0.25) is 10.0 Å². The molecule has 1 aromatic carbocycles. The number of hydrogen-bond donors (Lipinski definition) is 1. The van der Waals surface area contributed by atoms with Crippen LogP contribution in [0, 0.1) is 0 Å². The van der Waals surface area contributed by atoms with E-state index >= 15 is 0 Å². The van der Waals surface area contributed by atoms with Crippen molar-refractivity contribution in [2.24, 2.45) is 0 Å². The summed E-state index contributed by atoms with van der Waals surface area (Å²) in [5.74, 6) is 0. The third-order valence-corrected chi connectivity index (χ3v) is 2.80. The molecular formula is C15H19Cl2NO2. The summed E-state index contributed by atoms with van der Waals surface area (Å²) in [6, 6.07) is 5.33. The van der Waals surface area contributed by atoms with Crippen LogP contribution in [0.4, 0.5) is 4.79 Å². The molecule has 3 nitrogen and oxygen atoms in total. The van der Waals surface area contributed by atoms with Crippen LogP contribution in [-0.2, 0) is 4.74 Å². The summed E-state index contributed by atoms with van der Waals surface area (Å²) in [6.45, 7) is 6.00. The van der Waals surface area contributed by atoms with E-state index < -0.39 is 11.7 Å². The summed E-state index contributed by atoms with van der Waals surface area (Å²) in [5.41, 5.74) is 0.421. The lowest BCUT2D eigenvalue weighted by atomic mass is 10.2. The fourth-order valence-corrected chi connectivity index (χ4v) is 1.89. The van der Waals surface area contributed by atoms with Crippen LogP contribution in [0.25, 0.3) is 6.08 Å². The van der Waals surface area contributed by atoms with Gasteiger partial charge in [0.1, 0.15) is 5.60 Å². The average molecular weight is 316 g/mol. The van der Waals surface area contributed by atoms with Gasteiger partial charge in [0.25, 0.3) is 0 Å². The molecule has 1 rings (SSSR count). The third kappa shape index (κ3) is 6.83. The molecule has 0 saturated heterocycles. The van der Waals surface area contributed by atoms with Crippen LogP contribution < -0.4 is 5.32 Å². The highest BCUT2D eigenvalue weighted by atomic mass is 35.5. The molecule has 0 heterocycles. The Labute approximate surface area is 129 Å². The number of rotatable bonds is 4. The van der Waals surface area contributed by atoms with Crippen LogP contribution in [0.3, 0.4) is 0 Å². The van der Waals surface area contributed by atoms with Gasteiger partial charge < -0.3 is 10.1 Å². The first-order chi connectivity index (χ1) is 9.28. The molecule has 0 atom stereocenters. The molecule has 0 spiro atoms. The SMILES string of the molecule is CC(C)(C)OC(=O)NCCC=Cc1ccc(Cl)cc1Cl. The van der Waals surface area contributed by atoms with E-state index in [2.05, 4.69) is 5.32 Å². The predicted octanol–water partition coefficient (Wildman–Crippen LogP) is 4.92. The molecule has 0 aliphatic carbocycles. The minimum atomic E-state index is -0.475. The lowest BCUT2D eigenvalue weighted by molar-refractivity contribution is 0.0529. The molecule has 0 radical (unpaired) electrons. The van der Waals surface area contributed by atoms with Gasteiger partial charge in [0.15, 0.2) is 0 Å². The molecule has 1 N–H and O–H groups in total. The van der Waals surface area contributed by atoms with Crippen molar-refractivity contribution in [1.82, 2.24) is 5.32 Å². The summed E-state index contributed by atoms with van der Waals surface area (Å²) in [4.78, 5) is 11.4. The van der Waals surface area contributed by atoms with Crippen LogP contribution in [0.15, 0.2) is 24.3 Å². The van der Waals surface area contributed by atoms with Gasteiger partial charge in [-0.2, -0.15) is 0 Å². The van der Waals surface area contributed by atoms with Gasteiger partial charge in [0, 0.05) is 16.6 Å². The molecule has 5 heteroatoms. The topological polar surface area (TPSA) is 38.3 Å². The number of alkyl carbamates (subject to hydrolysis) is 1. The van der Waals surface area contributed by atoms with E-state index in [1.165, 1.54) is 0 Å². The molecule has 1 aromatic rings. The van der Waals surface area contributed by atoms with Crippen molar-refractivity contribution in [3.8, 4) is 0 Å². The van der Waals surface area contributed by atoms with Gasteiger partial charge in [-0.3, -0.25) is 0 Å². The fourth-order valence-electron chi connectivity index (χ4n) is 1.42. The minimum Gasteiger partial charge on any atom is -0.444 e. The average Bonchev–Trinajstić information content (AvgIpc) is 2.28. The number of hydrogen-bond acceptors (Lipinski definition) is 2. The molecule has 0 aromatic heterocycles. The predicted molar refractivity (Wildman–Crippen MR) is 84.3 cm³/mol. The molecule has 0 bridgehead atoms. The molecule has 0 fully saturated rings. The third-order valence-electron chi connectivity index (χ3n) is 2.24. The standard InChI is InChI=1S/C15H19Cl2NO2/c1-15(2,3)20-14(19)18-9-5-4-6-11-7-8-12(16)10-13(11)17/h4,6-8,10H,5,9H2,1-3H3,(H,18,19). The van der Waals surface area contributed by atoms with Crippen molar-refractivity contribution in [2.75, 3.05) is 6.54 Å². The van der Waals surface area contributed by atoms with Gasteiger partial charge >= 0.3 is 6.09 Å². The second-order valence-corrected chi connectivity index (χ2v) is 6.13. The van der Waals surface area contributed by atoms with Gasteiger partial charge in [0.2, 0.25) is 0 Å². The molecular weight excluding hydrogens is 297 g/mol. The summed E-state index contributed by atoms with van der Waals surface area (Å²) in [7, 11) is 0. The zero-order chi connectivity index (χ0) is 15.2. The van der Waals surface area contributed by atoms with Gasteiger partial charge in [0.05, 0.1) is 0 Å². The van der Waals surface area contributed by atoms with Crippen molar-refractivity contribution >= 4 is 35.4 Å². The summed E-state index contributed by atoms with van der Waals surface area (Å²) in [5, 5.41) is 3.90. The zero-order valence-electron chi connectivity index (χ0n) is 11.9. The number of ether oxygens (including phenoxy) is 1. The van der Waals surface area contributed by atoms with Crippen LogP contribution in [0.5, 0.6) is 0 Å². The molecule has 0 aliphatic heterocycles. The van der Waals surface area contributed by atoms with Crippen LogP contribution >= 0.6 is 23.2 Å².